The van der Waals surface area contributed by atoms with Crippen LogP contribution in [0.25, 0.3) is 11.3 Å². The minimum Gasteiger partial charge on any atom is -0.352 e. The van der Waals surface area contributed by atoms with Gasteiger partial charge in [0.25, 0.3) is 5.91 Å². The molecule has 0 saturated heterocycles. The third-order valence-corrected chi connectivity index (χ3v) is 3.12. The Balaban J connectivity index is 2.63. The fourth-order valence-corrected chi connectivity index (χ4v) is 2.07. The summed E-state index contributed by atoms with van der Waals surface area (Å²) < 4.78 is 45.2. The Hall–Kier alpha value is -2.17. The van der Waals surface area contributed by atoms with Crippen molar-refractivity contribution in [3.63, 3.8) is 0 Å². The van der Waals surface area contributed by atoms with Crippen LogP contribution >= 0.6 is 23.2 Å². The molecule has 0 aliphatic rings. The smallest absolute Gasteiger partial charge is 0.352 e. The van der Waals surface area contributed by atoms with Crippen LogP contribution in [-0.4, -0.2) is 17.6 Å². The normalized spacial score (nSPS) is 11.1. The third-order valence-electron chi connectivity index (χ3n) is 2.71. The summed E-state index contributed by atoms with van der Waals surface area (Å²) in [6, 6.07) is 3.41. The zero-order valence-electron chi connectivity index (χ0n) is 11.2. The number of alkyl halides is 3. The first-order chi connectivity index (χ1) is 10.8. The number of nitrogens with zero attached hydrogens (tertiary/aromatic N) is 1. The molecule has 1 amide bonds. The second-order valence-corrected chi connectivity index (χ2v) is 5.16. The lowest BCUT2D eigenvalue weighted by atomic mass is 10.0. The Morgan fingerprint density at radius 2 is 2.17 bits per heavy atom. The molecule has 1 N–H and O–H groups in total. The van der Waals surface area contributed by atoms with Gasteiger partial charge in [-0.25, -0.2) is 4.39 Å². The van der Waals surface area contributed by atoms with Crippen molar-refractivity contribution in [2.24, 2.45) is 0 Å². The van der Waals surface area contributed by atoms with Gasteiger partial charge in [0.1, 0.15) is 17.1 Å². The standard InChI is InChI=1S/C14H7Cl2F3N2O2/c1-2-5-20-13(22)10-11(21-23-12(10)14(16,18)19)8-4-3-7(15)6-9(8)17/h1,3-4,6H,5H2,(H,20,22). The molecule has 0 bridgehead atoms. The molecule has 0 fully saturated rings. The highest BCUT2D eigenvalue weighted by molar-refractivity contribution is 6.30. The molecule has 0 unspecified atom stereocenters. The topological polar surface area (TPSA) is 55.1 Å². The van der Waals surface area contributed by atoms with E-state index in [-0.39, 0.29) is 17.1 Å². The van der Waals surface area contributed by atoms with E-state index in [1.165, 1.54) is 12.1 Å². The van der Waals surface area contributed by atoms with Crippen molar-refractivity contribution in [1.29, 1.82) is 0 Å². The van der Waals surface area contributed by atoms with Crippen molar-refractivity contribution in [2.45, 2.75) is 5.38 Å². The van der Waals surface area contributed by atoms with E-state index >= 15 is 0 Å². The summed E-state index contributed by atoms with van der Waals surface area (Å²) in [7, 11) is 0. The number of carbonyl (C=O) groups excluding carboxylic acids is 1. The Bertz CT molecular complexity index is 794. The summed E-state index contributed by atoms with van der Waals surface area (Å²) in [5, 5.41) is 1.57. The van der Waals surface area contributed by atoms with Crippen LogP contribution in [-0.2, 0) is 5.38 Å². The molecule has 0 spiro atoms. The van der Waals surface area contributed by atoms with Gasteiger partial charge in [-0.15, -0.1) is 6.42 Å². The van der Waals surface area contributed by atoms with Crippen molar-refractivity contribution in [3.8, 4) is 23.6 Å². The largest absolute Gasteiger partial charge is 0.383 e. The van der Waals surface area contributed by atoms with E-state index in [1.54, 1.807) is 0 Å². The maximum atomic E-state index is 14.0. The molecule has 0 radical (unpaired) electrons. The van der Waals surface area contributed by atoms with Gasteiger partial charge in [0.2, 0.25) is 5.76 Å². The van der Waals surface area contributed by atoms with Crippen LogP contribution in [0, 0.1) is 18.2 Å². The zero-order valence-corrected chi connectivity index (χ0v) is 12.7. The van der Waals surface area contributed by atoms with Gasteiger partial charge in [0.05, 0.1) is 6.54 Å². The first kappa shape index (κ1) is 17.2. The van der Waals surface area contributed by atoms with Crippen molar-refractivity contribution >= 4 is 29.1 Å². The molecule has 9 heteroatoms. The second kappa shape index (κ2) is 6.52. The SMILES string of the molecule is C#CCNC(=O)c1c(-c2ccc(Cl)cc2F)noc1C(F)(F)Cl. The number of terminal acetylenes is 1. The predicted octanol–water partition coefficient (Wildman–Crippen LogP) is 3.79. The number of halogens is 5. The van der Waals surface area contributed by atoms with Gasteiger partial charge in [-0.05, 0) is 29.8 Å². The fourth-order valence-electron chi connectivity index (χ4n) is 1.78. The van der Waals surface area contributed by atoms with E-state index in [0.29, 0.717) is 0 Å². The molecule has 0 aliphatic heterocycles. The minimum absolute atomic E-state index is 0.0796. The molecule has 1 aromatic carbocycles. The number of nitrogens with one attached hydrogen (secondary N) is 1. The average molecular weight is 363 g/mol. The third kappa shape index (κ3) is 3.60. The molecule has 2 rings (SSSR count). The number of carbonyl (C=O) groups is 1. The van der Waals surface area contributed by atoms with E-state index in [9.17, 15) is 18.0 Å². The number of amides is 1. The highest BCUT2D eigenvalue weighted by atomic mass is 35.5. The van der Waals surface area contributed by atoms with Crippen LogP contribution in [0.3, 0.4) is 0 Å². The van der Waals surface area contributed by atoms with Crippen molar-refractivity contribution < 1.29 is 22.5 Å². The molecule has 0 saturated carbocycles. The van der Waals surface area contributed by atoms with Gasteiger partial charge in [-0.2, -0.15) is 8.78 Å². The molecule has 0 atom stereocenters. The number of hydrogen-bond acceptors (Lipinski definition) is 3. The quantitative estimate of drug-likeness (QED) is 0.665. The number of aromatic nitrogens is 1. The Labute approximate surface area is 138 Å². The van der Waals surface area contributed by atoms with E-state index < -0.39 is 34.1 Å². The first-order valence-electron chi connectivity index (χ1n) is 5.99. The van der Waals surface area contributed by atoms with Gasteiger partial charge in [-0.3, -0.25) is 4.79 Å². The van der Waals surface area contributed by atoms with Gasteiger partial charge in [-0.1, -0.05) is 22.7 Å². The van der Waals surface area contributed by atoms with E-state index in [1.807, 2.05) is 0 Å². The average Bonchev–Trinajstić information content (AvgIpc) is 2.89. The monoisotopic (exact) mass is 362 g/mol. The van der Waals surface area contributed by atoms with Crippen LogP contribution < -0.4 is 5.32 Å². The number of hydrogen-bond donors (Lipinski definition) is 1. The Morgan fingerprint density at radius 3 is 2.74 bits per heavy atom. The fraction of sp³-hybridized carbons (Fsp3) is 0.143. The molecule has 0 aliphatic carbocycles. The zero-order chi connectivity index (χ0) is 17.2. The van der Waals surface area contributed by atoms with Crippen molar-refractivity contribution in [1.82, 2.24) is 10.5 Å². The van der Waals surface area contributed by atoms with Gasteiger partial charge in [0.15, 0.2) is 0 Å². The summed E-state index contributed by atoms with van der Waals surface area (Å²) >= 11 is 10.5. The summed E-state index contributed by atoms with van der Waals surface area (Å²) in [6.45, 7) is -0.236. The molecule has 2 aromatic rings. The first-order valence-corrected chi connectivity index (χ1v) is 6.75. The molecule has 23 heavy (non-hydrogen) atoms. The van der Waals surface area contributed by atoms with E-state index in [4.69, 9.17) is 29.6 Å². The molecular weight excluding hydrogens is 356 g/mol. The molecular formula is C14H7Cl2F3N2O2. The lowest BCUT2D eigenvalue weighted by molar-refractivity contribution is 0.0583. The highest BCUT2D eigenvalue weighted by Gasteiger charge is 2.41. The summed E-state index contributed by atoms with van der Waals surface area (Å²) in [5.41, 5.74) is -1.40. The lowest BCUT2D eigenvalue weighted by Crippen LogP contribution is -2.26. The number of rotatable bonds is 4. The second-order valence-electron chi connectivity index (χ2n) is 4.24. The van der Waals surface area contributed by atoms with Crippen molar-refractivity contribution in [3.05, 3.63) is 40.4 Å². The molecule has 120 valence electrons. The van der Waals surface area contributed by atoms with Crippen molar-refractivity contribution in [2.75, 3.05) is 6.54 Å². The van der Waals surface area contributed by atoms with Crippen LogP contribution in [0.5, 0.6) is 0 Å². The molecule has 4 nitrogen and oxygen atoms in total. The van der Waals surface area contributed by atoms with Crippen LogP contribution in [0.4, 0.5) is 13.2 Å². The molecule has 1 heterocycles. The van der Waals surface area contributed by atoms with Crippen LogP contribution in [0.2, 0.25) is 5.02 Å². The summed E-state index contributed by atoms with van der Waals surface area (Å²) in [4.78, 5) is 12.1. The van der Waals surface area contributed by atoms with Crippen LogP contribution in [0.15, 0.2) is 22.7 Å². The Kier molecular flexibility index (Phi) is 4.88. The highest BCUT2D eigenvalue weighted by Crippen LogP contribution is 2.39. The maximum Gasteiger partial charge on any atom is 0.383 e. The minimum atomic E-state index is -4.02. The van der Waals surface area contributed by atoms with Gasteiger partial charge in [0, 0.05) is 10.6 Å². The summed E-state index contributed by atoms with van der Waals surface area (Å²) in [6.07, 6.45) is 4.99. The summed E-state index contributed by atoms with van der Waals surface area (Å²) in [5.74, 6) is -1.01. The lowest BCUT2D eigenvalue weighted by Gasteiger charge is -2.08. The Morgan fingerprint density at radius 1 is 1.48 bits per heavy atom. The van der Waals surface area contributed by atoms with Crippen LogP contribution in [0.1, 0.15) is 16.1 Å². The number of benzene rings is 1. The van der Waals surface area contributed by atoms with Gasteiger partial charge >= 0.3 is 5.38 Å². The predicted molar refractivity (Wildman–Crippen MR) is 77.8 cm³/mol. The molecule has 1 aromatic heterocycles. The van der Waals surface area contributed by atoms with E-state index in [0.717, 1.165) is 6.07 Å². The van der Waals surface area contributed by atoms with Gasteiger partial charge < -0.3 is 9.84 Å². The maximum absolute atomic E-state index is 14.0. The van der Waals surface area contributed by atoms with E-state index in [2.05, 4.69) is 20.9 Å².